The minimum Gasteiger partial charge on any atom is -0.495 e. The van der Waals surface area contributed by atoms with Gasteiger partial charge in [0.1, 0.15) is 5.75 Å². The summed E-state index contributed by atoms with van der Waals surface area (Å²) >= 11 is 0. The molecule has 2 heterocycles. The van der Waals surface area contributed by atoms with Crippen molar-refractivity contribution >= 4 is 29.3 Å². The zero-order valence-electron chi connectivity index (χ0n) is 14.3. The number of fused-ring (bicyclic) bond motifs is 1. The van der Waals surface area contributed by atoms with Crippen LogP contribution in [0.5, 0.6) is 5.75 Å². The average Bonchev–Trinajstić information content (AvgIpc) is 3.23. The third-order valence-corrected chi connectivity index (χ3v) is 3.80. The monoisotopic (exact) mass is 351 g/mol. The molecular formula is C19H17N3O4. The van der Waals surface area contributed by atoms with Gasteiger partial charge in [-0.15, -0.1) is 0 Å². The predicted molar refractivity (Wildman–Crippen MR) is 97.6 cm³/mol. The number of aromatic amines is 1. The fraction of sp³-hybridized carbons (Fsp3) is 0.158. The van der Waals surface area contributed by atoms with Gasteiger partial charge < -0.3 is 25.1 Å². The van der Waals surface area contributed by atoms with Gasteiger partial charge in [0.2, 0.25) is 0 Å². The molecule has 0 unspecified atom stereocenters. The zero-order chi connectivity index (χ0) is 18.5. The Morgan fingerprint density at radius 3 is 2.92 bits per heavy atom. The first-order valence-corrected chi connectivity index (χ1v) is 7.82. The highest BCUT2D eigenvalue weighted by atomic mass is 16.5. The van der Waals surface area contributed by atoms with Gasteiger partial charge in [0.25, 0.3) is 5.91 Å². The predicted octanol–water partition coefficient (Wildman–Crippen LogP) is 2.22. The highest BCUT2D eigenvalue weighted by molar-refractivity contribution is 6.35. The van der Waals surface area contributed by atoms with Crippen LogP contribution < -0.4 is 15.4 Å². The molecule has 7 heteroatoms. The average molecular weight is 351 g/mol. The molecule has 0 saturated carbocycles. The van der Waals surface area contributed by atoms with Crippen molar-refractivity contribution in [3.05, 3.63) is 47.3 Å². The molecule has 0 aliphatic carbocycles. The largest absolute Gasteiger partial charge is 0.495 e. The number of benzene rings is 1. The Hall–Kier alpha value is -3.66. The molecule has 1 aliphatic rings. The van der Waals surface area contributed by atoms with Gasteiger partial charge in [-0.05, 0) is 24.3 Å². The minimum absolute atomic E-state index is 0.140. The number of hydrogen-bond donors (Lipinski definition) is 3. The van der Waals surface area contributed by atoms with Crippen LogP contribution in [0, 0.1) is 11.8 Å². The number of nitrogens with one attached hydrogen (secondary N) is 3. The van der Waals surface area contributed by atoms with Crippen molar-refractivity contribution in [3.8, 4) is 17.6 Å². The second-order valence-electron chi connectivity index (χ2n) is 5.35. The van der Waals surface area contributed by atoms with Crippen LogP contribution >= 0.6 is 0 Å². The van der Waals surface area contributed by atoms with Crippen molar-refractivity contribution in [3.63, 3.8) is 0 Å². The van der Waals surface area contributed by atoms with E-state index in [4.69, 9.17) is 4.74 Å². The summed E-state index contributed by atoms with van der Waals surface area (Å²) in [5.74, 6) is 6.27. The number of ether oxygens (including phenoxy) is 2. The summed E-state index contributed by atoms with van der Waals surface area (Å²) in [6.07, 6.45) is 2.93. The van der Waals surface area contributed by atoms with E-state index in [9.17, 15) is 9.59 Å². The fourth-order valence-electron chi connectivity index (χ4n) is 2.62. The van der Waals surface area contributed by atoms with Crippen molar-refractivity contribution in [2.75, 3.05) is 26.1 Å². The van der Waals surface area contributed by atoms with E-state index in [2.05, 4.69) is 32.2 Å². The molecule has 2 amide bonds. The topological polar surface area (TPSA) is 92.4 Å². The molecule has 0 radical (unpaired) electrons. The summed E-state index contributed by atoms with van der Waals surface area (Å²) < 4.78 is 9.77. The molecule has 1 aliphatic heterocycles. The Labute approximate surface area is 150 Å². The summed E-state index contributed by atoms with van der Waals surface area (Å²) in [5.41, 5.74) is 3.29. The van der Waals surface area contributed by atoms with Crippen molar-refractivity contribution in [1.29, 1.82) is 0 Å². The SMILES string of the molecule is COC(=O)NCC#Cc1cccc2c1/C(=C/c1[nH]ccc1OC)C(=O)N2. The van der Waals surface area contributed by atoms with E-state index in [0.717, 1.165) is 5.56 Å². The van der Waals surface area contributed by atoms with E-state index >= 15 is 0 Å². The number of H-pyrrole nitrogens is 1. The maximum atomic E-state index is 12.4. The number of methoxy groups -OCH3 is 2. The Morgan fingerprint density at radius 2 is 2.15 bits per heavy atom. The van der Waals surface area contributed by atoms with Gasteiger partial charge in [-0.1, -0.05) is 17.9 Å². The molecule has 1 aromatic heterocycles. The third-order valence-electron chi connectivity index (χ3n) is 3.80. The molecule has 0 saturated heterocycles. The van der Waals surface area contributed by atoms with Gasteiger partial charge in [-0.25, -0.2) is 4.79 Å². The summed E-state index contributed by atoms with van der Waals surface area (Å²) in [6, 6.07) is 7.24. The number of carbonyl (C=O) groups is 2. The molecule has 3 N–H and O–H groups in total. The number of hydrogen-bond acceptors (Lipinski definition) is 4. The maximum Gasteiger partial charge on any atom is 0.407 e. The zero-order valence-corrected chi connectivity index (χ0v) is 14.3. The summed E-state index contributed by atoms with van der Waals surface area (Å²) in [4.78, 5) is 26.5. The molecule has 2 aromatic rings. The summed E-state index contributed by atoms with van der Waals surface area (Å²) in [5, 5.41) is 5.32. The van der Waals surface area contributed by atoms with Crippen LogP contribution in [0.2, 0.25) is 0 Å². The van der Waals surface area contributed by atoms with Crippen LogP contribution in [0.3, 0.4) is 0 Å². The standard InChI is InChI=1S/C19H17N3O4/c1-25-16-8-10-20-15(16)11-13-17-12(6-4-9-21-19(24)26-2)5-3-7-14(17)22-18(13)23/h3,5,7-8,10-11,20H,9H2,1-2H3,(H,21,24)(H,22,23)/b13-11-. The normalized spacial score (nSPS) is 13.5. The van der Waals surface area contributed by atoms with E-state index in [1.807, 2.05) is 18.2 Å². The summed E-state index contributed by atoms with van der Waals surface area (Å²) in [7, 11) is 2.86. The molecule has 0 atom stereocenters. The lowest BCUT2D eigenvalue weighted by Gasteiger charge is -2.03. The first-order chi connectivity index (χ1) is 12.6. The third kappa shape index (κ3) is 3.39. The second kappa shape index (κ2) is 7.49. The number of carbonyl (C=O) groups excluding carboxylic acids is 2. The van der Waals surface area contributed by atoms with Crippen LogP contribution in [0.25, 0.3) is 11.6 Å². The second-order valence-corrected chi connectivity index (χ2v) is 5.35. The summed E-state index contributed by atoms with van der Waals surface area (Å²) in [6.45, 7) is 0.140. The number of rotatable bonds is 3. The van der Waals surface area contributed by atoms with E-state index in [0.29, 0.717) is 28.3 Å². The highest BCUT2D eigenvalue weighted by Gasteiger charge is 2.26. The van der Waals surface area contributed by atoms with Crippen molar-refractivity contribution in [2.24, 2.45) is 0 Å². The van der Waals surface area contributed by atoms with Gasteiger partial charge in [0.15, 0.2) is 0 Å². The van der Waals surface area contributed by atoms with Gasteiger partial charge >= 0.3 is 6.09 Å². The van der Waals surface area contributed by atoms with E-state index in [1.165, 1.54) is 7.11 Å². The maximum absolute atomic E-state index is 12.4. The molecule has 0 spiro atoms. The number of anilines is 1. The lowest BCUT2D eigenvalue weighted by atomic mass is 9.99. The quantitative estimate of drug-likeness (QED) is 0.584. The Bertz CT molecular complexity index is 947. The van der Waals surface area contributed by atoms with Crippen molar-refractivity contribution in [2.45, 2.75) is 0 Å². The number of alkyl carbamates (subject to hydrolysis) is 1. The van der Waals surface area contributed by atoms with Crippen molar-refractivity contribution in [1.82, 2.24) is 10.3 Å². The van der Waals surface area contributed by atoms with E-state index in [1.54, 1.807) is 25.4 Å². The first kappa shape index (κ1) is 17.2. The minimum atomic E-state index is -0.547. The highest BCUT2D eigenvalue weighted by Crippen LogP contribution is 2.36. The number of amides is 2. The first-order valence-electron chi connectivity index (χ1n) is 7.82. The lowest BCUT2D eigenvalue weighted by Crippen LogP contribution is -2.22. The van der Waals surface area contributed by atoms with Crippen LogP contribution in [-0.2, 0) is 9.53 Å². The number of aromatic nitrogens is 1. The molecule has 0 bridgehead atoms. The van der Waals surface area contributed by atoms with Gasteiger partial charge in [-0.2, -0.15) is 0 Å². The molecule has 7 nitrogen and oxygen atoms in total. The molecule has 132 valence electrons. The molecule has 0 fully saturated rings. The smallest absolute Gasteiger partial charge is 0.407 e. The fourth-order valence-corrected chi connectivity index (χ4v) is 2.62. The Balaban J connectivity index is 1.95. The van der Waals surface area contributed by atoms with Crippen LogP contribution in [0.4, 0.5) is 10.5 Å². The molecular weight excluding hydrogens is 334 g/mol. The van der Waals surface area contributed by atoms with Crippen LogP contribution in [-0.4, -0.2) is 37.7 Å². The Morgan fingerprint density at radius 1 is 1.31 bits per heavy atom. The van der Waals surface area contributed by atoms with E-state index in [-0.39, 0.29) is 12.5 Å². The van der Waals surface area contributed by atoms with E-state index < -0.39 is 6.09 Å². The van der Waals surface area contributed by atoms with Crippen molar-refractivity contribution < 1.29 is 19.1 Å². The van der Waals surface area contributed by atoms with Gasteiger partial charge in [0, 0.05) is 17.3 Å². The van der Waals surface area contributed by atoms with Gasteiger partial charge in [0.05, 0.1) is 37.7 Å². The molecule has 3 rings (SSSR count). The molecule has 1 aromatic carbocycles. The van der Waals surface area contributed by atoms with Crippen LogP contribution in [0.15, 0.2) is 30.5 Å². The lowest BCUT2D eigenvalue weighted by molar-refractivity contribution is -0.110. The van der Waals surface area contributed by atoms with Crippen LogP contribution in [0.1, 0.15) is 16.8 Å². The van der Waals surface area contributed by atoms with Gasteiger partial charge in [-0.3, -0.25) is 4.79 Å². The molecule has 26 heavy (non-hydrogen) atoms. The Kier molecular flexibility index (Phi) is 4.94.